The summed E-state index contributed by atoms with van der Waals surface area (Å²) < 4.78 is 41.6. The van der Waals surface area contributed by atoms with Crippen LogP contribution in [0.4, 0.5) is 15.9 Å². The van der Waals surface area contributed by atoms with Crippen molar-refractivity contribution in [2.24, 2.45) is 0 Å². The Balaban J connectivity index is 1.67. The number of amides is 1. The Bertz CT molecular complexity index is 1050. The predicted molar refractivity (Wildman–Crippen MR) is 105 cm³/mol. The third-order valence-electron chi connectivity index (χ3n) is 5.05. The molecular weight excluding hydrogens is 401 g/mol. The Hall–Kier alpha value is -2.92. The van der Waals surface area contributed by atoms with Gasteiger partial charge in [0.1, 0.15) is 23.8 Å². The van der Waals surface area contributed by atoms with Gasteiger partial charge < -0.3 is 14.9 Å². The van der Waals surface area contributed by atoms with E-state index < -0.39 is 39.9 Å². The molecule has 2 aliphatic heterocycles. The number of phenolic OH excluding ortho intramolecular Hbond substituents is 1. The molecule has 2 saturated heterocycles. The number of aromatic hydroxyl groups is 1. The normalized spacial score (nSPS) is 19.4. The number of pyridine rings is 1. The molecule has 2 fully saturated rings. The molecular formula is C18H20FN5O4S. The fraction of sp³-hybridized carbons (Fsp3) is 0.333. The van der Waals surface area contributed by atoms with Crippen LogP contribution in [0.5, 0.6) is 5.75 Å². The van der Waals surface area contributed by atoms with Crippen LogP contribution in [-0.2, 0) is 15.0 Å². The van der Waals surface area contributed by atoms with E-state index in [0.29, 0.717) is 9.87 Å². The molecule has 29 heavy (non-hydrogen) atoms. The van der Waals surface area contributed by atoms with E-state index in [1.54, 1.807) is 16.9 Å². The first-order chi connectivity index (χ1) is 13.8. The highest BCUT2D eigenvalue weighted by Crippen LogP contribution is 2.38. The first-order valence-corrected chi connectivity index (χ1v) is 10.4. The maximum absolute atomic E-state index is 15.2. The number of halogens is 1. The van der Waals surface area contributed by atoms with Gasteiger partial charge >= 0.3 is 10.2 Å². The number of hydrogen-bond donors (Lipinski definition) is 2. The highest BCUT2D eigenvalue weighted by atomic mass is 32.2. The monoisotopic (exact) mass is 421 g/mol. The smallest absolute Gasteiger partial charge is 0.326 e. The molecule has 0 radical (unpaired) electrons. The number of aromatic nitrogens is 1. The Morgan fingerprint density at radius 3 is 2.45 bits per heavy atom. The molecule has 4 rings (SSSR count). The van der Waals surface area contributed by atoms with Gasteiger partial charge in [0.15, 0.2) is 5.82 Å². The number of hydrogen-bond acceptors (Lipinski definition) is 7. The average molecular weight is 421 g/mol. The number of phenols is 1. The molecule has 2 N–H and O–H groups in total. The summed E-state index contributed by atoms with van der Waals surface area (Å²) in [4.78, 5) is 20.3. The third kappa shape index (κ3) is 3.58. The molecule has 11 heteroatoms. The minimum atomic E-state index is -4.25. The Morgan fingerprint density at radius 1 is 1.14 bits per heavy atom. The number of carbonyl (C=O) groups excluding carboxylic acids is 1. The molecule has 1 amide bonds. The van der Waals surface area contributed by atoms with Gasteiger partial charge in [-0.15, -0.1) is 0 Å². The van der Waals surface area contributed by atoms with Gasteiger partial charge in [-0.2, -0.15) is 8.42 Å². The van der Waals surface area contributed by atoms with Crippen LogP contribution >= 0.6 is 0 Å². The van der Waals surface area contributed by atoms with Crippen molar-refractivity contribution in [3.63, 3.8) is 0 Å². The summed E-state index contributed by atoms with van der Waals surface area (Å²) in [6, 6.07) is 6.02. The minimum Gasteiger partial charge on any atom is -0.506 e. The van der Waals surface area contributed by atoms with Gasteiger partial charge in [0.25, 0.3) is 5.91 Å². The van der Waals surface area contributed by atoms with Crippen molar-refractivity contribution in [2.45, 2.75) is 0 Å². The molecule has 0 unspecified atom stereocenters. The van der Waals surface area contributed by atoms with Crippen molar-refractivity contribution >= 4 is 27.6 Å². The molecule has 0 spiro atoms. The summed E-state index contributed by atoms with van der Waals surface area (Å²) >= 11 is 0. The summed E-state index contributed by atoms with van der Waals surface area (Å²) in [6.45, 7) is 2.94. The molecule has 2 aromatic rings. The molecule has 0 saturated carbocycles. The zero-order valence-corrected chi connectivity index (χ0v) is 16.5. The van der Waals surface area contributed by atoms with E-state index in [1.807, 2.05) is 0 Å². The summed E-state index contributed by atoms with van der Waals surface area (Å²) in [5.74, 6) is -1.54. The molecule has 9 nitrogen and oxygen atoms in total. The van der Waals surface area contributed by atoms with Crippen LogP contribution in [-0.4, -0.2) is 69.1 Å². The van der Waals surface area contributed by atoms with Crippen LogP contribution in [0.1, 0.15) is 0 Å². The minimum absolute atomic E-state index is 0.0739. The number of piperazine rings is 1. The van der Waals surface area contributed by atoms with Crippen LogP contribution in [0.2, 0.25) is 0 Å². The lowest BCUT2D eigenvalue weighted by Crippen LogP contribution is -2.44. The molecule has 3 heterocycles. The van der Waals surface area contributed by atoms with Crippen molar-refractivity contribution in [3.05, 3.63) is 36.3 Å². The van der Waals surface area contributed by atoms with Crippen LogP contribution in [0.15, 0.2) is 30.5 Å². The molecule has 1 aromatic carbocycles. The standard InChI is InChI=1S/C18H20FN5O4S/c1-22-6-8-23(9-7-22)15-5-2-12(10-20-15)13-3-4-14(25)18(17(13)19)24-11-16(26)21-29(24,27)28/h2-5,10,25H,6-9,11H2,1H3,(H,21,26). The molecule has 0 atom stereocenters. The van der Waals surface area contributed by atoms with Crippen molar-refractivity contribution < 1.29 is 22.7 Å². The quantitative estimate of drug-likeness (QED) is 0.745. The Morgan fingerprint density at radius 2 is 1.86 bits per heavy atom. The van der Waals surface area contributed by atoms with E-state index >= 15 is 4.39 Å². The first-order valence-electron chi connectivity index (χ1n) is 9.01. The summed E-state index contributed by atoms with van der Waals surface area (Å²) in [6.07, 6.45) is 1.51. The van der Waals surface area contributed by atoms with Gasteiger partial charge in [-0.25, -0.2) is 18.4 Å². The van der Waals surface area contributed by atoms with Crippen molar-refractivity contribution in [2.75, 3.05) is 49.0 Å². The number of anilines is 2. The second-order valence-electron chi connectivity index (χ2n) is 7.03. The zero-order valence-electron chi connectivity index (χ0n) is 15.7. The number of benzene rings is 1. The van der Waals surface area contributed by atoms with E-state index in [1.165, 1.54) is 18.3 Å². The molecule has 2 aliphatic rings. The van der Waals surface area contributed by atoms with Gasteiger partial charge in [-0.05, 0) is 31.3 Å². The second kappa shape index (κ2) is 7.16. The van der Waals surface area contributed by atoms with Crippen LogP contribution in [0.25, 0.3) is 11.1 Å². The second-order valence-corrected chi connectivity index (χ2v) is 8.62. The lowest BCUT2D eigenvalue weighted by molar-refractivity contribution is -0.117. The van der Waals surface area contributed by atoms with Crippen molar-refractivity contribution in [3.8, 4) is 16.9 Å². The highest BCUT2D eigenvalue weighted by Gasteiger charge is 2.38. The summed E-state index contributed by atoms with van der Waals surface area (Å²) in [5, 5.41) is 10.1. The van der Waals surface area contributed by atoms with Crippen LogP contribution in [0.3, 0.4) is 0 Å². The van der Waals surface area contributed by atoms with E-state index in [4.69, 9.17) is 0 Å². The van der Waals surface area contributed by atoms with E-state index in [9.17, 15) is 18.3 Å². The fourth-order valence-electron chi connectivity index (χ4n) is 3.43. The van der Waals surface area contributed by atoms with Gasteiger partial charge in [0, 0.05) is 43.5 Å². The maximum atomic E-state index is 15.2. The van der Waals surface area contributed by atoms with E-state index in [0.717, 1.165) is 32.0 Å². The number of likely N-dealkylation sites (N-methyl/N-ethyl adjacent to an activating group) is 1. The molecule has 154 valence electrons. The lowest BCUT2D eigenvalue weighted by atomic mass is 10.1. The fourth-order valence-corrected chi connectivity index (χ4v) is 4.59. The third-order valence-corrected chi connectivity index (χ3v) is 6.43. The predicted octanol–water partition coefficient (Wildman–Crippen LogP) is 0.526. The van der Waals surface area contributed by atoms with Crippen LogP contribution < -0.4 is 13.9 Å². The van der Waals surface area contributed by atoms with Gasteiger partial charge in [0.05, 0.1) is 0 Å². The Kier molecular flexibility index (Phi) is 4.79. The highest BCUT2D eigenvalue weighted by molar-refractivity contribution is 7.92. The average Bonchev–Trinajstić information content (AvgIpc) is 2.95. The lowest BCUT2D eigenvalue weighted by Gasteiger charge is -2.33. The number of nitrogens with zero attached hydrogens (tertiary/aromatic N) is 4. The van der Waals surface area contributed by atoms with E-state index in [-0.39, 0.29) is 5.56 Å². The molecule has 0 aliphatic carbocycles. The van der Waals surface area contributed by atoms with Crippen molar-refractivity contribution in [1.82, 2.24) is 14.6 Å². The molecule has 0 bridgehead atoms. The summed E-state index contributed by atoms with van der Waals surface area (Å²) in [7, 11) is -2.19. The van der Waals surface area contributed by atoms with Crippen LogP contribution in [0, 0.1) is 5.82 Å². The van der Waals surface area contributed by atoms with Crippen molar-refractivity contribution in [1.29, 1.82) is 0 Å². The number of carbonyl (C=O) groups is 1. The Labute approximate surface area is 167 Å². The van der Waals surface area contributed by atoms with Gasteiger partial charge in [-0.1, -0.05) is 0 Å². The maximum Gasteiger partial charge on any atom is 0.326 e. The van der Waals surface area contributed by atoms with E-state index in [2.05, 4.69) is 21.8 Å². The van der Waals surface area contributed by atoms with Gasteiger partial charge in [-0.3, -0.25) is 4.79 Å². The topological polar surface area (TPSA) is 106 Å². The zero-order chi connectivity index (χ0) is 20.8. The summed E-state index contributed by atoms with van der Waals surface area (Å²) in [5.41, 5.74) is -0.0636. The molecule has 1 aromatic heterocycles. The SMILES string of the molecule is CN1CCN(c2ccc(-c3ccc(O)c(N4CC(=O)NS4(=O)=O)c3F)cn2)CC1. The first kappa shape index (κ1) is 19.4. The largest absolute Gasteiger partial charge is 0.506 e. The van der Waals surface area contributed by atoms with Gasteiger partial charge in [0.2, 0.25) is 0 Å². The number of nitrogens with one attached hydrogen (secondary N) is 1. The number of rotatable bonds is 3.